The molecule has 0 bridgehead atoms. The second-order valence-corrected chi connectivity index (χ2v) is 4.28. The summed E-state index contributed by atoms with van der Waals surface area (Å²) in [7, 11) is 0. The van der Waals surface area contributed by atoms with Crippen LogP contribution in [0.4, 0.5) is 0 Å². The maximum absolute atomic E-state index is 11.8. The second-order valence-electron chi connectivity index (χ2n) is 4.28. The molecule has 0 aliphatic rings. The summed E-state index contributed by atoms with van der Waals surface area (Å²) in [5.41, 5.74) is 6.94. The van der Waals surface area contributed by atoms with E-state index < -0.39 is 0 Å². The average Bonchev–Trinajstić information content (AvgIpc) is 2.91. The molecule has 0 saturated carbocycles. The van der Waals surface area contributed by atoms with E-state index in [0.29, 0.717) is 17.9 Å². The van der Waals surface area contributed by atoms with Gasteiger partial charge in [-0.3, -0.25) is 4.79 Å². The van der Waals surface area contributed by atoms with Crippen molar-refractivity contribution in [2.24, 2.45) is 10.9 Å². The fourth-order valence-electron chi connectivity index (χ4n) is 1.72. The fourth-order valence-corrected chi connectivity index (χ4v) is 1.72. The van der Waals surface area contributed by atoms with Crippen LogP contribution in [0.2, 0.25) is 0 Å². The Bertz CT molecular complexity index is 647. The van der Waals surface area contributed by atoms with Crippen molar-refractivity contribution in [3.05, 3.63) is 59.0 Å². The van der Waals surface area contributed by atoms with Gasteiger partial charge in [-0.1, -0.05) is 23.4 Å². The summed E-state index contributed by atoms with van der Waals surface area (Å²) in [6.45, 7) is 2.10. The number of benzene rings is 1. The Morgan fingerprint density at radius 2 is 2.20 bits per heavy atom. The molecule has 6 nitrogen and oxygen atoms in total. The van der Waals surface area contributed by atoms with E-state index >= 15 is 0 Å². The Balaban J connectivity index is 2.02. The van der Waals surface area contributed by atoms with Crippen LogP contribution >= 0.6 is 0 Å². The van der Waals surface area contributed by atoms with E-state index in [1.165, 1.54) is 0 Å². The zero-order valence-corrected chi connectivity index (χ0v) is 11.0. The summed E-state index contributed by atoms with van der Waals surface area (Å²) in [4.78, 5) is 11.8. The van der Waals surface area contributed by atoms with Crippen molar-refractivity contribution in [1.29, 1.82) is 0 Å². The summed E-state index contributed by atoms with van der Waals surface area (Å²) in [6, 6.07) is 10.4. The lowest BCUT2D eigenvalue weighted by molar-refractivity contribution is 0.0922. The summed E-state index contributed by atoms with van der Waals surface area (Å²) < 4.78 is 5.23. The minimum Gasteiger partial charge on any atom is -0.456 e. The number of aryl methyl sites for hydroxylation is 1. The minimum absolute atomic E-state index is 0.0276. The molecule has 0 unspecified atom stereocenters. The standard InChI is InChI=1S/C14H15N3O3/c1-9-5-6-12(20-9)14(18)16-8-10-3-2-4-11(7-10)13(15)17-19/h2-7,19H,8H2,1H3,(H2,15,17)(H,16,18). The number of rotatable bonds is 4. The van der Waals surface area contributed by atoms with Crippen molar-refractivity contribution >= 4 is 11.7 Å². The number of carbonyl (C=O) groups is 1. The van der Waals surface area contributed by atoms with Crippen LogP contribution in [0.1, 0.15) is 27.4 Å². The van der Waals surface area contributed by atoms with Gasteiger partial charge in [0.05, 0.1) is 0 Å². The zero-order chi connectivity index (χ0) is 14.5. The van der Waals surface area contributed by atoms with E-state index in [-0.39, 0.29) is 17.5 Å². The minimum atomic E-state index is -0.285. The molecule has 20 heavy (non-hydrogen) atoms. The zero-order valence-electron chi connectivity index (χ0n) is 11.0. The van der Waals surface area contributed by atoms with Crippen molar-refractivity contribution in [3.63, 3.8) is 0 Å². The molecular formula is C14H15N3O3. The van der Waals surface area contributed by atoms with Crippen LogP contribution in [-0.2, 0) is 6.54 Å². The van der Waals surface area contributed by atoms with Gasteiger partial charge < -0.3 is 20.7 Å². The number of hydrogen-bond acceptors (Lipinski definition) is 4. The van der Waals surface area contributed by atoms with Crippen LogP contribution in [0, 0.1) is 6.92 Å². The molecule has 4 N–H and O–H groups in total. The van der Waals surface area contributed by atoms with E-state index in [0.717, 1.165) is 5.56 Å². The Morgan fingerprint density at radius 1 is 1.40 bits per heavy atom. The second kappa shape index (κ2) is 5.92. The van der Waals surface area contributed by atoms with Crippen LogP contribution in [-0.4, -0.2) is 17.0 Å². The van der Waals surface area contributed by atoms with Gasteiger partial charge in [-0.25, -0.2) is 0 Å². The molecule has 1 heterocycles. The molecule has 2 aromatic rings. The summed E-state index contributed by atoms with van der Waals surface area (Å²) >= 11 is 0. The normalized spacial score (nSPS) is 11.3. The highest BCUT2D eigenvalue weighted by Gasteiger charge is 2.09. The van der Waals surface area contributed by atoms with Gasteiger partial charge in [0.2, 0.25) is 0 Å². The summed E-state index contributed by atoms with van der Waals surface area (Å²) in [5.74, 6) is 0.700. The van der Waals surface area contributed by atoms with Crippen molar-refractivity contribution < 1.29 is 14.4 Å². The lowest BCUT2D eigenvalue weighted by atomic mass is 10.1. The lowest BCUT2D eigenvalue weighted by Crippen LogP contribution is -2.22. The number of oxime groups is 1. The van der Waals surface area contributed by atoms with E-state index in [2.05, 4.69) is 10.5 Å². The molecule has 0 saturated heterocycles. The summed E-state index contributed by atoms with van der Waals surface area (Å²) in [5, 5.41) is 14.3. The predicted octanol–water partition coefficient (Wildman–Crippen LogP) is 1.61. The van der Waals surface area contributed by atoms with Gasteiger partial charge in [0.15, 0.2) is 11.6 Å². The Kier molecular flexibility index (Phi) is 4.05. The molecule has 0 aliphatic heterocycles. The molecule has 6 heteroatoms. The quantitative estimate of drug-likeness (QED) is 0.341. The first-order valence-corrected chi connectivity index (χ1v) is 6.01. The van der Waals surface area contributed by atoms with Crippen molar-refractivity contribution in [3.8, 4) is 0 Å². The molecule has 104 valence electrons. The van der Waals surface area contributed by atoms with E-state index in [1.54, 1.807) is 37.3 Å². The maximum atomic E-state index is 11.8. The lowest BCUT2D eigenvalue weighted by Gasteiger charge is -2.05. The number of nitrogens with zero attached hydrogens (tertiary/aromatic N) is 1. The predicted molar refractivity (Wildman–Crippen MR) is 73.6 cm³/mol. The molecule has 1 aromatic carbocycles. The molecule has 0 radical (unpaired) electrons. The van der Waals surface area contributed by atoms with Crippen molar-refractivity contribution in [2.75, 3.05) is 0 Å². The van der Waals surface area contributed by atoms with Crippen molar-refractivity contribution in [1.82, 2.24) is 5.32 Å². The van der Waals surface area contributed by atoms with E-state index in [9.17, 15) is 4.79 Å². The molecule has 1 amide bonds. The number of amidine groups is 1. The number of nitrogens with one attached hydrogen (secondary N) is 1. The third kappa shape index (κ3) is 3.17. The number of nitrogens with two attached hydrogens (primary N) is 1. The molecule has 0 spiro atoms. The third-order valence-electron chi connectivity index (χ3n) is 2.75. The van der Waals surface area contributed by atoms with Gasteiger partial charge >= 0.3 is 0 Å². The Labute approximate surface area is 115 Å². The highest BCUT2D eigenvalue weighted by atomic mass is 16.4. The molecule has 1 aromatic heterocycles. The molecule has 0 fully saturated rings. The van der Waals surface area contributed by atoms with Gasteiger partial charge in [-0.05, 0) is 30.7 Å². The van der Waals surface area contributed by atoms with Gasteiger partial charge in [0.1, 0.15) is 5.76 Å². The molecular weight excluding hydrogens is 258 g/mol. The van der Waals surface area contributed by atoms with E-state index in [1.807, 2.05) is 6.07 Å². The molecule has 0 aliphatic carbocycles. The van der Waals surface area contributed by atoms with Crippen LogP contribution in [0.3, 0.4) is 0 Å². The van der Waals surface area contributed by atoms with Crippen LogP contribution in [0.25, 0.3) is 0 Å². The van der Waals surface area contributed by atoms with Gasteiger partial charge in [-0.15, -0.1) is 0 Å². The van der Waals surface area contributed by atoms with Gasteiger partial charge in [0.25, 0.3) is 5.91 Å². The Hall–Kier alpha value is -2.76. The first-order valence-electron chi connectivity index (χ1n) is 6.01. The highest BCUT2D eigenvalue weighted by Crippen LogP contribution is 2.08. The number of hydrogen-bond donors (Lipinski definition) is 3. The van der Waals surface area contributed by atoms with Crippen molar-refractivity contribution in [2.45, 2.75) is 13.5 Å². The monoisotopic (exact) mass is 273 g/mol. The molecule has 0 atom stereocenters. The van der Waals surface area contributed by atoms with Crippen LogP contribution < -0.4 is 11.1 Å². The maximum Gasteiger partial charge on any atom is 0.287 e. The Morgan fingerprint density at radius 3 is 2.85 bits per heavy atom. The largest absolute Gasteiger partial charge is 0.456 e. The summed E-state index contributed by atoms with van der Waals surface area (Å²) in [6.07, 6.45) is 0. The number of amides is 1. The average molecular weight is 273 g/mol. The van der Waals surface area contributed by atoms with Crippen LogP contribution in [0.5, 0.6) is 0 Å². The highest BCUT2D eigenvalue weighted by molar-refractivity contribution is 5.97. The fraction of sp³-hybridized carbons (Fsp3) is 0.143. The third-order valence-corrected chi connectivity index (χ3v) is 2.75. The van der Waals surface area contributed by atoms with E-state index in [4.69, 9.17) is 15.4 Å². The van der Waals surface area contributed by atoms with Gasteiger partial charge in [0, 0.05) is 12.1 Å². The first-order chi connectivity index (χ1) is 9.60. The topological polar surface area (TPSA) is 101 Å². The SMILES string of the molecule is Cc1ccc(C(=O)NCc2cccc(C(N)=NO)c2)o1. The number of carbonyl (C=O) groups excluding carboxylic acids is 1. The van der Waals surface area contributed by atoms with Crippen LogP contribution in [0.15, 0.2) is 46.0 Å². The van der Waals surface area contributed by atoms with Gasteiger partial charge in [-0.2, -0.15) is 0 Å². The number of furan rings is 1. The molecule has 2 rings (SSSR count). The first kappa shape index (κ1) is 13.7. The smallest absolute Gasteiger partial charge is 0.287 e.